The van der Waals surface area contributed by atoms with Crippen LogP contribution in [0.5, 0.6) is 0 Å². The van der Waals surface area contributed by atoms with Crippen molar-refractivity contribution >= 4 is 28.1 Å². The third-order valence-electron chi connectivity index (χ3n) is 3.75. The van der Waals surface area contributed by atoms with Gasteiger partial charge in [-0.2, -0.15) is 0 Å². The maximum absolute atomic E-state index is 12.3. The Bertz CT molecular complexity index is 1120. The first-order valence-corrected chi connectivity index (χ1v) is 8.72. The third kappa shape index (κ3) is 3.11. The number of nitrogens with one attached hydrogen (secondary N) is 1. The number of aromatic nitrogens is 4. The molecule has 4 rings (SSSR count). The fraction of sp³-hybridized carbons (Fsp3) is 0.118. The number of hydrogen-bond donors (Lipinski definition) is 1. The Morgan fingerprint density at radius 2 is 2.12 bits per heavy atom. The van der Waals surface area contributed by atoms with Crippen molar-refractivity contribution in [2.75, 3.05) is 6.54 Å². The van der Waals surface area contributed by atoms with Crippen LogP contribution in [0.15, 0.2) is 57.2 Å². The molecule has 130 valence electrons. The number of carbonyl (C=O) groups is 1. The van der Waals surface area contributed by atoms with E-state index in [1.165, 1.54) is 16.0 Å². The normalized spacial score (nSPS) is 10.9. The maximum Gasteiger partial charge on any atom is 0.277 e. The van der Waals surface area contributed by atoms with Gasteiger partial charge in [-0.25, -0.2) is 4.68 Å². The highest BCUT2D eigenvalue weighted by molar-refractivity contribution is 7.13. The molecule has 0 saturated carbocycles. The highest BCUT2D eigenvalue weighted by Gasteiger charge is 2.14. The Morgan fingerprint density at radius 1 is 1.23 bits per heavy atom. The maximum atomic E-state index is 12.3. The van der Waals surface area contributed by atoms with Gasteiger partial charge in [0, 0.05) is 12.6 Å². The lowest BCUT2D eigenvalue weighted by Crippen LogP contribution is -2.32. The molecule has 0 saturated heterocycles. The predicted molar refractivity (Wildman–Crippen MR) is 95.9 cm³/mol. The van der Waals surface area contributed by atoms with E-state index in [4.69, 9.17) is 4.52 Å². The topological polar surface area (TPSA) is 103 Å². The van der Waals surface area contributed by atoms with Crippen LogP contribution >= 0.6 is 11.3 Å². The zero-order chi connectivity index (χ0) is 17.9. The van der Waals surface area contributed by atoms with Gasteiger partial charge in [0.2, 0.25) is 0 Å². The minimum Gasteiger partial charge on any atom is -0.355 e. The van der Waals surface area contributed by atoms with E-state index in [1.807, 2.05) is 17.5 Å². The number of rotatable bonds is 5. The number of thiophene rings is 1. The fourth-order valence-electron chi connectivity index (χ4n) is 2.45. The summed E-state index contributed by atoms with van der Waals surface area (Å²) in [7, 11) is 0. The molecule has 8 nitrogen and oxygen atoms in total. The lowest BCUT2D eigenvalue weighted by atomic mass is 10.2. The first kappa shape index (κ1) is 16.2. The van der Waals surface area contributed by atoms with Crippen molar-refractivity contribution in [1.29, 1.82) is 0 Å². The van der Waals surface area contributed by atoms with Crippen molar-refractivity contribution in [2.45, 2.75) is 6.54 Å². The molecule has 0 aliphatic heterocycles. The molecule has 0 aliphatic rings. The van der Waals surface area contributed by atoms with Crippen LogP contribution in [0.2, 0.25) is 0 Å². The molecule has 0 bridgehead atoms. The number of hydrogen-bond acceptors (Lipinski definition) is 7. The molecule has 0 aliphatic carbocycles. The molecule has 1 amide bonds. The standard InChI is InChI=1S/C17H13N5O3S/c23-16(13-10-14(25-20-13)15-6-3-9-26-15)18-7-8-22-17(24)11-4-1-2-5-12(11)19-21-22/h1-6,9-10H,7-8H2,(H,18,23). The second-order valence-corrected chi connectivity index (χ2v) is 6.39. The second-order valence-electron chi connectivity index (χ2n) is 5.44. The van der Waals surface area contributed by atoms with Gasteiger partial charge in [-0.1, -0.05) is 28.6 Å². The quantitative estimate of drug-likeness (QED) is 0.578. The molecule has 9 heteroatoms. The monoisotopic (exact) mass is 367 g/mol. The summed E-state index contributed by atoms with van der Waals surface area (Å²) in [5, 5.41) is 16.8. The largest absolute Gasteiger partial charge is 0.355 e. The molecular formula is C17H13N5O3S. The Labute approximate surface area is 151 Å². The van der Waals surface area contributed by atoms with Gasteiger partial charge in [0.05, 0.1) is 16.8 Å². The van der Waals surface area contributed by atoms with Crippen molar-refractivity contribution < 1.29 is 9.32 Å². The Balaban J connectivity index is 1.41. The Morgan fingerprint density at radius 3 is 2.96 bits per heavy atom. The summed E-state index contributed by atoms with van der Waals surface area (Å²) in [6.45, 7) is 0.422. The molecule has 1 aromatic carbocycles. The van der Waals surface area contributed by atoms with E-state index in [0.717, 1.165) is 4.88 Å². The van der Waals surface area contributed by atoms with E-state index in [9.17, 15) is 9.59 Å². The third-order valence-corrected chi connectivity index (χ3v) is 4.63. The molecule has 26 heavy (non-hydrogen) atoms. The molecule has 1 N–H and O–H groups in total. The van der Waals surface area contributed by atoms with Gasteiger partial charge in [0.15, 0.2) is 11.5 Å². The highest BCUT2D eigenvalue weighted by atomic mass is 32.1. The van der Waals surface area contributed by atoms with Crippen LogP contribution < -0.4 is 10.9 Å². The van der Waals surface area contributed by atoms with Crippen molar-refractivity contribution in [1.82, 2.24) is 25.5 Å². The van der Waals surface area contributed by atoms with Crippen LogP contribution in [-0.2, 0) is 6.54 Å². The van der Waals surface area contributed by atoms with E-state index < -0.39 is 0 Å². The molecular weight excluding hydrogens is 354 g/mol. The van der Waals surface area contributed by atoms with E-state index in [0.29, 0.717) is 16.7 Å². The van der Waals surface area contributed by atoms with Gasteiger partial charge in [0.25, 0.3) is 11.5 Å². The number of fused-ring (bicyclic) bond motifs is 1. The van der Waals surface area contributed by atoms with Crippen LogP contribution in [0.4, 0.5) is 0 Å². The molecule has 0 spiro atoms. The number of benzene rings is 1. The molecule has 0 atom stereocenters. The SMILES string of the molecule is O=C(NCCn1nnc2ccccc2c1=O)c1cc(-c2cccs2)on1. The molecule has 4 aromatic rings. The van der Waals surface area contributed by atoms with Gasteiger partial charge in [-0.3, -0.25) is 9.59 Å². The van der Waals surface area contributed by atoms with E-state index in [2.05, 4.69) is 20.8 Å². The lowest BCUT2D eigenvalue weighted by Gasteiger charge is -2.05. The van der Waals surface area contributed by atoms with Crippen LogP contribution in [0.1, 0.15) is 10.5 Å². The van der Waals surface area contributed by atoms with Gasteiger partial charge in [-0.15, -0.1) is 16.4 Å². The summed E-state index contributed by atoms with van der Waals surface area (Å²) in [4.78, 5) is 25.4. The number of nitrogens with zero attached hydrogens (tertiary/aromatic N) is 4. The van der Waals surface area contributed by atoms with Crippen LogP contribution in [0.3, 0.4) is 0 Å². The van der Waals surface area contributed by atoms with Gasteiger partial charge in [0.1, 0.15) is 5.52 Å². The summed E-state index contributed by atoms with van der Waals surface area (Å²) in [5.41, 5.74) is 0.484. The highest BCUT2D eigenvalue weighted by Crippen LogP contribution is 2.24. The molecule has 3 aromatic heterocycles. The summed E-state index contributed by atoms with van der Waals surface area (Å²) in [6, 6.07) is 12.4. The molecule has 3 heterocycles. The lowest BCUT2D eigenvalue weighted by molar-refractivity contribution is 0.0942. The van der Waals surface area contributed by atoms with Gasteiger partial charge < -0.3 is 9.84 Å². The zero-order valence-electron chi connectivity index (χ0n) is 13.5. The van der Waals surface area contributed by atoms with Crippen LogP contribution in [0, 0.1) is 0 Å². The minimum absolute atomic E-state index is 0.186. The van der Waals surface area contributed by atoms with E-state index >= 15 is 0 Å². The smallest absolute Gasteiger partial charge is 0.277 e. The summed E-state index contributed by atoms with van der Waals surface area (Å²) in [6.07, 6.45) is 0. The summed E-state index contributed by atoms with van der Waals surface area (Å²) in [5.74, 6) is 0.167. The minimum atomic E-state index is -0.377. The van der Waals surface area contributed by atoms with Crippen LogP contribution in [0.25, 0.3) is 21.5 Å². The average molecular weight is 367 g/mol. The van der Waals surface area contributed by atoms with E-state index in [-0.39, 0.29) is 30.2 Å². The summed E-state index contributed by atoms with van der Waals surface area (Å²) >= 11 is 1.50. The predicted octanol–water partition coefficient (Wildman–Crippen LogP) is 1.94. The van der Waals surface area contributed by atoms with E-state index in [1.54, 1.807) is 30.3 Å². The fourth-order valence-corrected chi connectivity index (χ4v) is 3.13. The Hall–Kier alpha value is -3.33. The molecule has 0 fully saturated rings. The van der Waals surface area contributed by atoms with Crippen molar-refractivity contribution in [3.63, 3.8) is 0 Å². The van der Waals surface area contributed by atoms with Crippen LogP contribution in [-0.4, -0.2) is 32.6 Å². The van der Waals surface area contributed by atoms with Gasteiger partial charge >= 0.3 is 0 Å². The van der Waals surface area contributed by atoms with Gasteiger partial charge in [-0.05, 0) is 23.6 Å². The average Bonchev–Trinajstić information content (AvgIpc) is 3.35. The summed E-state index contributed by atoms with van der Waals surface area (Å²) < 4.78 is 6.41. The first-order valence-electron chi connectivity index (χ1n) is 7.84. The second kappa shape index (κ2) is 6.89. The van der Waals surface area contributed by atoms with Crippen molar-refractivity contribution in [3.05, 3.63) is 63.9 Å². The first-order chi connectivity index (χ1) is 12.7. The van der Waals surface area contributed by atoms with Crippen molar-refractivity contribution in [3.8, 4) is 10.6 Å². The number of amides is 1. The molecule has 0 unspecified atom stereocenters. The zero-order valence-corrected chi connectivity index (χ0v) is 14.3. The van der Waals surface area contributed by atoms with Crippen molar-refractivity contribution in [2.24, 2.45) is 0 Å². The Kier molecular flexibility index (Phi) is 4.28. The molecule has 0 radical (unpaired) electrons. The number of carbonyl (C=O) groups excluding carboxylic acids is 1.